The zero-order valence-electron chi connectivity index (χ0n) is 9.55. The molecule has 2 aromatic rings. The number of aromatic nitrogens is 1. The van der Waals surface area contributed by atoms with E-state index in [0.717, 1.165) is 15.6 Å². The van der Waals surface area contributed by atoms with Crippen LogP contribution in [0, 0.1) is 6.92 Å². The Bertz CT molecular complexity index is 493. The van der Waals surface area contributed by atoms with Crippen LogP contribution in [0.25, 0.3) is 0 Å². The molecule has 0 N–H and O–H groups in total. The maximum Gasteiger partial charge on any atom is 0.149 e. The van der Waals surface area contributed by atoms with Crippen LogP contribution >= 0.6 is 23.1 Å². The van der Waals surface area contributed by atoms with Crippen molar-refractivity contribution in [2.45, 2.75) is 18.2 Å². The van der Waals surface area contributed by atoms with Crippen molar-refractivity contribution in [3.05, 3.63) is 46.4 Å². The minimum Gasteiger partial charge on any atom is -0.298 e. The fourth-order valence-corrected chi connectivity index (χ4v) is 2.81. The Kier molecular flexibility index (Phi) is 4.34. The monoisotopic (exact) mass is 263 g/mol. The number of nitrogens with zero attached hydrogens (tertiary/aromatic N) is 1. The smallest absolute Gasteiger partial charge is 0.149 e. The number of thioether (sulfide) groups is 1. The lowest BCUT2D eigenvalue weighted by Crippen LogP contribution is -2.05. The van der Waals surface area contributed by atoms with Gasteiger partial charge in [-0.2, -0.15) is 0 Å². The number of carbonyl (C=O) groups excluding carboxylic acids is 1. The minimum absolute atomic E-state index is 0.226. The quantitative estimate of drug-likeness (QED) is 0.775. The lowest BCUT2D eigenvalue weighted by molar-refractivity contribution is -0.116. The second-order valence-corrected chi connectivity index (χ2v) is 5.79. The van der Waals surface area contributed by atoms with Gasteiger partial charge in [0.15, 0.2) is 0 Å². The number of aryl methyl sites for hydroxylation is 1. The van der Waals surface area contributed by atoms with E-state index in [1.54, 1.807) is 23.1 Å². The molecule has 0 fully saturated rings. The SMILES string of the molecule is Cc1nc(CC(=O)CSc2ccccc2)cs1. The van der Waals surface area contributed by atoms with Gasteiger partial charge in [0.05, 0.1) is 22.9 Å². The van der Waals surface area contributed by atoms with E-state index in [4.69, 9.17) is 0 Å². The summed E-state index contributed by atoms with van der Waals surface area (Å²) < 4.78 is 0. The first-order chi connectivity index (χ1) is 8.24. The molecule has 2 rings (SSSR count). The van der Waals surface area contributed by atoms with Gasteiger partial charge < -0.3 is 0 Å². The van der Waals surface area contributed by atoms with Crippen LogP contribution in [0.2, 0.25) is 0 Å². The molecule has 2 nitrogen and oxygen atoms in total. The number of hydrogen-bond donors (Lipinski definition) is 0. The Hall–Kier alpha value is -1.13. The van der Waals surface area contributed by atoms with Gasteiger partial charge in [0.25, 0.3) is 0 Å². The summed E-state index contributed by atoms with van der Waals surface area (Å²) in [5.41, 5.74) is 0.895. The number of thiazole rings is 1. The van der Waals surface area contributed by atoms with Crippen molar-refractivity contribution < 1.29 is 4.79 Å². The first-order valence-corrected chi connectivity index (χ1v) is 7.21. The van der Waals surface area contributed by atoms with Gasteiger partial charge in [0, 0.05) is 10.3 Å². The molecule has 0 aliphatic heterocycles. The van der Waals surface area contributed by atoms with Crippen LogP contribution < -0.4 is 0 Å². The molecule has 0 aliphatic rings. The lowest BCUT2D eigenvalue weighted by Gasteiger charge is -1.99. The van der Waals surface area contributed by atoms with Crippen molar-refractivity contribution in [1.29, 1.82) is 0 Å². The van der Waals surface area contributed by atoms with E-state index in [-0.39, 0.29) is 5.78 Å². The van der Waals surface area contributed by atoms with Crippen LogP contribution in [0.15, 0.2) is 40.6 Å². The molecule has 0 atom stereocenters. The molecule has 4 heteroatoms. The normalized spacial score (nSPS) is 10.4. The summed E-state index contributed by atoms with van der Waals surface area (Å²) in [6.45, 7) is 1.96. The number of hydrogen-bond acceptors (Lipinski definition) is 4. The van der Waals surface area contributed by atoms with Crippen LogP contribution in [-0.4, -0.2) is 16.5 Å². The molecule has 0 saturated heterocycles. The molecular formula is C13H13NOS2. The number of carbonyl (C=O) groups is 1. The standard InChI is InChI=1S/C13H13NOS2/c1-10-14-11(8-16-10)7-12(15)9-17-13-5-3-2-4-6-13/h2-6,8H,7,9H2,1H3. The van der Waals surface area contributed by atoms with E-state index < -0.39 is 0 Å². The van der Waals surface area contributed by atoms with Crippen LogP contribution in [-0.2, 0) is 11.2 Å². The molecule has 0 saturated carbocycles. The van der Waals surface area contributed by atoms with Crippen molar-refractivity contribution in [3.63, 3.8) is 0 Å². The van der Waals surface area contributed by atoms with Gasteiger partial charge >= 0.3 is 0 Å². The first kappa shape index (κ1) is 12.3. The van der Waals surface area contributed by atoms with Crippen molar-refractivity contribution in [2.24, 2.45) is 0 Å². The molecule has 0 unspecified atom stereocenters. The van der Waals surface area contributed by atoms with Crippen LogP contribution in [0.3, 0.4) is 0 Å². The highest BCUT2D eigenvalue weighted by Gasteiger charge is 2.07. The van der Waals surface area contributed by atoms with E-state index in [0.29, 0.717) is 12.2 Å². The molecule has 0 bridgehead atoms. The fraction of sp³-hybridized carbons (Fsp3) is 0.231. The third kappa shape index (κ3) is 3.98. The Morgan fingerprint density at radius 1 is 1.35 bits per heavy atom. The molecule has 88 valence electrons. The maximum absolute atomic E-state index is 11.7. The predicted octanol–water partition coefficient (Wildman–Crippen LogP) is 3.36. The lowest BCUT2D eigenvalue weighted by atomic mass is 10.2. The molecule has 0 radical (unpaired) electrons. The summed E-state index contributed by atoms with van der Waals surface area (Å²) in [5.74, 6) is 0.741. The third-order valence-corrected chi connectivity index (χ3v) is 4.08. The van der Waals surface area contributed by atoms with E-state index in [1.807, 2.05) is 42.6 Å². The third-order valence-electron chi connectivity index (χ3n) is 2.19. The summed E-state index contributed by atoms with van der Waals surface area (Å²) in [6, 6.07) is 9.98. The average Bonchev–Trinajstić information content (AvgIpc) is 2.73. The zero-order valence-corrected chi connectivity index (χ0v) is 11.2. The molecule has 1 aromatic carbocycles. The number of ketones is 1. The molecular weight excluding hydrogens is 250 g/mol. The Labute approximate surface area is 109 Å². The molecule has 0 spiro atoms. The van der Waals surface area contributed by atoms with Crippen molar-refractivity contribution in [1.82, 2.24) is 4.98 Å². The molecule has 1 aromatic heterocycles. The highest BCUT2D eigenvalue weighted by Crippen LogP contribution is 2.17. The molecule has 1 heterocycles. The second-order valence-electron chi connectivity index (χ2n) is 3.68. The summed E-state index contributed by atoms with van der Waals surface area (Å²) >= 11 is 3.17. The zero-order chi connectivity index (χ0) is 12.1. The van der Waals surface area contributed by atoms with Crippen molar-refractivity contribution in [2.75, 3.05) is 5.75 Å². The fourth-order valence-electron chi connectivity index (χ4n) is 1.42. The van der Waals surface area contributed by atoms with Crippen molar-refractivity contribution in [3.8, 4) is 0 Å². The van der Waals surface area contributed by atoms with Gasteiger partial charge in [-0.1, -0.05) is 18.2 Å². The number of rotatable bonds is 5. The van der Waals surface area contributed by atoms with E-state index in [2.05, 4.69) is 4.98 Å². The topological polar surface area (TPSA) is 30.0 Å². The summed E-state index contributed by atoms with van der Waals surface area (Å²) in [5, 5.41) is 2.98. The summed E-state index contributed by atoms with van der Waals surface area (Å²) in [7, 11) is 0. The Morgan fingerprint density at radius 2 is 2.12 bits per heavy atom. The largest absolute Gasteiger partial charge is 0.298 e. The first-order valence-electron chi connectivity index (χ1n) is 5.34. The van der Waals surface area contributed by atoms with Crippen molar-refractivity contribution >= 4 is 28.9 Å². The predicted molar refractivity (Wildman–Crippen MR) is 72.7 cm³/mol. The number of benzene rings is 1. The van der Waals surface area contributed by atoms with Gasteiger partial charge in [-0.15, -0.1) is 23.1 Å². The molecule has 17 heavy (non-hydrogen) atoms. The molecule has 0 amide bonds. The number of Topliss-reactive ketones (excluding diaryl/α,β-unsaturated/α-hetero) is 1. The van der Waals surface area contributed by atoms with E-state index in [9.17, 15) is 4.79 Å². The highest BCUT2D eigenvalue weighted by atomic mass is 32.2. The van der Waals surface area contributed by atoms with Gasteiger partial charge in [-0.05, 0) is 19.1 Å². The van der Waals surface area contributed by atoms with Gasteiger partial charge in [-0.3, -0.25) is 4.79 Å². The average molecular weight is 263 g/mol. The van der Waals surface area contributed by atoms with Crippen LogP contribution in [0.1, 0.15) is 10.7 Å². The highest BCUT2D eigenvalue weighted by molar-refractivity contribution is 8.00. The Balaban J connectivity index is 1.82. The van der Waals surface area contributed by atoms with Gasteiger partial charge in [-0.25, -0.2) is 4.98 Å². The summed E-state index contributed by atoms with van der Waals surface area (Å²) in [6.07, 6.45) is 0.449. The van der Waals surface area contributed by atoms with Gasteiger partial charge in [0.1, 0.15) is 5.78 Å². The Morgan fingerprint density at radius 3 is 2.76 bits per heavy atom. The van der Waals surface area contributed by atoms with Crippen LogP contribution in [0.5, 0.6) is 0 Å². The van der Waals surface area contributed by atoms with Gasteiger partial charge in [0.2, 0.25) is 0 Å². The van der Waals surface area contributed by atoms with E-state index in [1.165, 1.54) is 0 Å². The maximum atomic E-state index is 11.7. The van der Waals surface area contributed by atoms with Crippen LogP contribution in [0.4, 0.5) is 0 Å². The minimum atomic E-state index is 0.226. The summed E-state index contributed by atoms with van der Waals surface area (Å²) in [4.78, 5) is 17.2. The molecule has 0 aliphatic carbocycles. The van der Waals surface area contributed by atoms with E-state index >= 15 is 0 Å². The second kappa shape index (κ2) is 5.98.